The highest BCUT2D eigenvalue weighted by molar-refractivity contribution is 5.84. The van der Waals surface area contributed by atoms with Gasteiger partial charge in [-0.2, -0.15) is 0 Å². The molecule has 0 amide bonds. The van der Waals surface area contributed by atoms with Crippen LogP contribution in [0.5, 0.6) is 0 Å². The number of rotatable bonds is 1. The van der Waals surface area contributed by atoms with Gasteiger partial charge in [-0.1, -0.05) is 19.3 Å². The van der Waals surface area contributed by atoms with Gasteiger partial charge in [0, 0.05) is 0 Å². The zero-order chi connectivity index (χ0) is 6.69. The van der Waals surface area contributed by atoms with Crippen LogP contribution in [-0.4, -0.2) is 5.78 Å². The van der Waals surface area contributed by atoms with Crippen LogP contribution in [-0.2, 0) is 4.79 Å². The fraction of sp³-hybridized carbons (Fsp3) is 0.750. The van der Waals surface area contributed by atoms with Gasteiger partial charge >= 0.3 is 5.78 Å². The molecule has 0 saturated heterocycles. The van der Waals surface area contributed by atoms with E-state index in [-0.39, 0.29) is 5.78 Å². The Bertz CT molecular complexity index is 101. The third kappa shape index (κ3) is 1.74. The topological polar surface area (TPSA) is 17.1 Å². The van der Waals surface area contributed by atoms with E-state index in [0.29, 0.717) is 5.92 Å². The predicted molar refractivity (Wildman–Crippen MR) is 36.9 cm³/mol. The standard InChI is InChI=1S/C8H13O/c1-7(9)8-5-3-2-4-6-8/h8H,1-6H2/q+1. The lowest BCUT2D eigenvalue weighted by Crippen LogP contribution is -2.14. The average Bonchev–Trinajstić information content (AvgIpc) is 1.90. The van der Waals surface area contributed by atoms with Crippen LogP contribution in [0.4, 0.5) is 0 Å². The average molecular weight is 125 g/mol. The first-order valence-corrected chi connectivity index (χ1v) is 3.66. The molecule has 0 atom stereocenters. The zero-order valence-electron chi connectivity index (χ0n) is 5.73. The van der Waals surface area contributed by atoms with Crippen molar-refractivity contribution in [1.82, 2.24) is 0 Å². The van der Waals surface area contributed by atoms with Crippen molar-refractivity contribution in [2.75, 3.05) is 0 Å². The van der Waals surface area contributed by atoms with Crippen LogP contribution in [0.15, 0.2) is 0 Å². The third-order valence-corrected chi connectivity index (χ3v) is 2.06. The summed E-state index contributed by atoms with van der Waals surface area (Å²) in [6, 6.07) is 0. The fourth-order valence-corrected chi connectivity index (χ4v) is 1.42. The molecule has 0 unspecified atom stereocenters. The summed E-state index contributed by atoms with van der Waals surface area (Å²) in [5, 5.41) is 0. The Morgan fingerprint density at radius 2 is 1.78 bits per heavy atom. The quantitative estimate of drug-likeness (QED) is 0.490. The predicted octanol–water partition coefficient (Wildman–Crippen LogP) is 1.97. The second kappa shape index (κ2) is 2.90. The highest BCUT2D eigenvalue weighted by Gasteiger charge is 2.21. The van der Waals surface area contributed by atoms with Gasteiger partial charge in [-0.25, -0.2) is 4.79 Å². The highest BCUT2D eigenvalue weighted by Crippen LogP contribution is 2.23. The van der Waals surface area contributed by atoms with Gasteiger partial charge in [0.2, 0.25) is 0 Å². The molecule has 1 aliphatic rings. The monoisotopic (exact) mass is 125 g/mol. The van der Waals surface area contributed by atoms with Crippen LogP contribution in [0, 0.1) is 12.8 Å². The minimum Gasteiger partial charge on any atom is -0.244 e. The van der Waals surface area contributed by atoms with Gasteiger partial charge in [-0.05, 0) is 12.8 Å². The van der Waals surface area contributed by atoms with Crippen molar-refractivity contribution >= 4 is 5.78 Å². The molecule has 0 bridgehead atoms. The van der Waals surface area contributed by atoms with E-state index in [4.69, 9.17) is 0 Å². The molecule has 50 valence electrons. The summed E-state index contributed by atoms with van der Waals surface area (Å²) in [7, 11) is 0. The van der Waals surface area contributed by atoms with E-state index in [9.17, 15) is 4.79 Å². The van der Waals surface area contributed by atoms with E-state index in [0.717, 1.165) is 12.8 Å². The van der Waals surface area contributed by atoms with Crippen LogP contribution >= 0.6 is 0 Å². The minimum absolute atomic E-state index is 0.148. The first-order valence-electron chi connectivity index (χ1n) is 3.66. The molecule has 0 aromatic carbocycles. The van der Waals surface area contributed by atoms with Crippen molar-refractivity contribution < 1.29 is 4.79 Å². The second-order valence-corrected chi connectivity index (χ2v) is 2.80. The summed E-state index contributed by atoms with van der Waals surface area (Å²) in [6.45, 7) is 3.42. The second-order valence-electron chi connectivity index (χ2n) is 2.80. The number of ketones is 1. The van der Waals surface area contributed by atoms with Crippen LogP contribution < -0.4 is 0 Å². The third-order valence-electron chi connectivity index (χ3n) is 2.06. The van der Waals surface area contributed by atoms with Gasteiger partial charge in [-0.15, -0.1) is 0 Å². The maximum absolute atomic E-state index is 10.7. The van der Waals surface area contributed by atoms with Crippen LogP contribution in [0.25, 0.3) is 0 Å². The van der Waals surface area contributed by atoms with Crippen LogP contribution in [0.3, 0.4) is 0 Å². The molecule has 1 fully saturated rings. The largest absolute Gasteiger partial charge is 0.306 e. The van der Waals surface area contributed by atoms with Gasteiger partial charge in [0.1, 0.15) is 6.92 Å². The van der Waals surface area contributed by atoms with Gasteiger partial charge in [-0.3, -0.25) is 0 Å². The smallest absolute Gasteiger partial charge is 0.244 e. The Morgan fingerprint density at radius 3 is 2.11 bits per heavy atom. The van der Waals surface area contributed by atoms with Crippen molar-refractivity contribution in [1.29, 1.82) is 0 Å². The normalized spacial score (nSPS) is 21.8. The maximum atomic E-state index is 10.7. The SMILES string of the molecule is [CH2+]C(=O)C1CCCCC1. The number of carbonyl (C=O) groups is 1. The molecule has 1 nitrogen and oxygen atoms in total. The molecular weight excluding hydrogens is 112 g/mol. The van der Waals surface area contributed by atoms with Gasteiger partial charge in [0.05, 0.1) is 5.92 Å². The highest BCUT2D eigenvalue weighted by atomic mass is 16.1. The fourth-order valence-electron chi connectivity index (χ4n) is 1.42. The summed E-state index contributed by atoms with van der Waals surface area (Å²) < 4.78 is 0. The van der Waals surface area contributed by atoms with Crippen LogP contribution in [0.1, 0.15) is 32.1 Å². The lowest BCUT2D eigenvalue weighted by molar-refractivity contribution is -0.119. The Hall–Kier alpha value is -0.460. The molecule has 0 spiro atoms. The number of hydrogen-bond donors (Lipinski definition) is 0. The van der Waals surface area contributed by atoms with Crippen molar-refractivity contribution in [3.63, 3.8) is 0 Å². The lowest BCUT2D eigenvalue weighted by Gasteiger charge is -2.14. The molecule has 0 aromatic heterocycles. The summed E-state index contributed by atoms with van der Waals surface area (Å²) in [4.78, 5) is 10.7. The van der Waals surface area contributed by atoms with E-state index < -0.39 is 0 Å². The van der Waals surface area contributed by atoms with Crippen molar-refractivity contribution in [2.24, 2.45) is 5.92 Å². The summed E-state index contributed by atoms with van der Waals surface area (Å²) in [5.74, 6) is 0.452. The summed E-state index contributed by atoms with van der Waals surface area (Å²) >= 11 is 0. The molecule has 0 heterocycles. The molecule has 1 aliphatic carbocycles. The maximum Gasteiger partial charge on any atom is 0.306 e. The first-order chi connectivity index (χ1) is 4.30. The van der Waals surface area contributed by atoms with E-state index in [1.807, 2.05) is 0 Å². The molecule has 0 N–H and O–H groups in total. The summed E-state index contributed by atoms with van der Waals surface area (Å²) in [5.41, 5.74) is 0. The summed E-state index contributed by atoms with van der Waals surface area (Å²) in [6.07, 6.45) is 5.94. The Morgan fingerprint density at radius 1 is 1.22 bits per heavy atom. The van der Waals surface area contributed by atoms with E-state index in [1.54, 1.807) is 0 Å². The van der Waals surface area contributed by atoms with E-state index in [1.165, 1.54) is 19.3 Å². The van der Waals surface area contributed by atoms with Gasteiger partial charge in [0.25, 0.3) is 0 Å². The lowest BCUT2D eigenvalue weighted by atomic mass is 9.87. The number of carbonyl (C=O) groups excluding carboxylic acids is 1. The number of Topliss-reactive ketones (excluding diaryl/α,β-unsaturated/α-hetero) is 1. The number of hydrogen-bond acceptors (Lipinski definition) is 1. The van der Waals surface area contributed by atoms with E-state index >= 15 is 0 Å². The molecule has 1 rings (SSSR count). The minimum atomic E-state index is 0.148. The molecule has 0 radical (unpaired) electrons. The van der Waals surface area contributed by atoms with Crippen LogP contribution in [0.2, 0.25) is 0 Å². The Balaban J connectivity index is 2.31. The van der Waals surface area contributed by atoms with Crippen molar-refractivity contribution in [3.8, 4) is 0 Å². The van der Waals surface area contributed by atoms with Crippen molar-refractivity contribution in [3.05, 3.63) is 6.92 Å². The molecule has 9 heavy (non-hydrogen) atoms. The molecule has 1 saturated carbocycles. The Labute approximate surface area is 56.4 Å². The van der Waals surface area contributed by atoms with Crippen molar-refractivity contribution in [2.45, 2.75) is 32.1 Å². The molecule has 1 heteroatoms. The molecule has 0 aliphatic heterocycles. The Kier molecular flexibility index (Phi) is 2.15. The molecular formula is C8H13O+. The zero-order valence-corrected chi connectivity index (χ0v) is 5.73. The van der Waals surface area contributed by atoms with Gasteiger partial charge in [0.15, 0.2) is 0 Å². The first kappa shape index (κ1) is 6.66. The molecule has 0 aromatic rings. The van der Waals surface area contributed by atoms with E-state index in [2.05, 4.69) is 6.92 Å². The van der Waals surface area contributed by atoms with Gasteiger partial charge < -0.3 is 0 Å².